The molecular formula is C16H26N2O2S. The third kappa shape index (κ3) is 5.00. The first-order valence-corrected chi connectivity index (χ1v) is 9.22. The first kappa shape index (κ1) is 16.3. The van der Waals surface area contributed by atoms with Crippen LogP contribution in [0.25, 0.3) is 0 Å². The zero-order valence-corrected chi connectivity index (χ0v) is 14.0. The van der Waals surface area contributed by atoms with Crippen LogP contribution in [0.1, 0.15) is 39.2 Å². The van der Waals surface area contributed by atoms with Gasteiger partial charge >= 0.3 is 0 Å². The minimum absolute atomic E-state index is 0.145. The normalized spacial score (nSPS) is 16.4. The fourth-order valence-electron chi connectivity index (χ4n) is 2.74. The highest BCUT2D eigenvalue weighted by atomic mass is 32.2. The molecule has 1 aliphatic rings. The van der Waals surface area contributed by atoms with E-state index < -0.39 is 10.0 Å². The number of rotatable bonds is 5. The molecule has 1 aromatic rings. The van der Waals surface area contributed by atoms with Gasteiger partial charge in [0.15, 0.2) is 0 Å². The number of nitrogens with one attached hydrogen (secondary N) is 1. The molecule has 0 spiro atoms. The summed E-state index contributed by atoms with van der Waals surface area (Å²) in [5, 5.41) is 0. The second-order valence-electron chi connectivity index (χ2n) is 6.96. The minimum atomic E-state index is -3.25. The smallest absolute Gasteiger partial charge is 0.212 e. The monoisotopic (exact) mass is 310 g/mol. The van der Waals surface area contributed by atoms with E-state index in [0.717, 1.165) is 24.3 Å². The Morgan fingerprint density at radius 2 is 1.76 bits per heavy atom. The van der Waals surface area contributed by atoms with E-state index >= 15 is 0 Å². The lowest BCUT2D eigenvalue weighted by molar-refractivity contribution is 0.458. The number of sulfonamides is 1. The SMILES string of the molecule is CC(C)(C)CS(=O)(=O)NCc1ccccc1N1CCCC1. The van der Waals surface area contributed by atoms with Crippen molar-refractivity contribution in [1.29, 1.82) is 0 Å². The van der Waals surface area contributed by atoms with E-state index in [1.807, 2.05) is 39.0 Å². The molecule has 21 heavy (non-hydrogen) atoms. The first-order chi connectivity index (χ1) is 9.77. The van der Waals surface area contributed by atoms with E-state index in [1.54, 1.807) is 0 Å². The largest absolute Gasteiger partial charge is 0.371 e. The van der Waals surface area contributed by atoms with Gasteiger partial charge < -0.3 is 4.90 Å². The highest BCUT2D eigenvalue weighted by molar-refractivity contribution is 7.89. The van der Waals surface area contributed by atoms with Crippen LogP contribution in [0.5, 0.6) is 0 Å². The van der Waals surface area contributed by atoms with Crippen molar-refractivity contribution in [3.05, 3.63) is 29.8 Å². The van der Waals surface area contributed by atoms with Crippen molar-refractivity contribution in [2.75, 3.05) is 23.7 Å². The maximum Gasteiger partial charge on any atom is 0.212 e. The summed E-state index contributed by atoms with van der Waals surface area (Å²) >= 11 is 0. The van der Waals surface area contributed by atoms with E-state index in [-0.39, 0.29) is 11.2 Å². The third-order valence-corrected chi connectivity index (χ3v) is 5.37. The molecule has 0 unspecified atom stereocenters. The fourth-order valence-corrected chi connectivity index (χ4v) is 4.35. The van der Waals surface area contributed by atoms with E-state index in [0.29, 0.717) is 6.54 Å². The van der Waals surface area contributed by atoms with Gasteiger partial charge in [-0.3, -0.25) is 0 Å². The van der Waals surface area contributed by atoms with Crippen molar-refractivity contribution in [1.82, 2.24) is 4.72 Å². The van der Waals surface area contributed by atoms with Crippen LogP contribution in [0, 0.1) is 5.41 Å². The molecule has 0 aliphatic carbocycles. The van der Waals surface area contributed by atoms with Crippen molar-refractivity contribution in [2.45, 2.75) is 40.2 Å². The Kier molecular flexibility index (Phi) is 4.94. The molecule has 1 aromatic carbocycles. The van der Waals surface area contributed by atoms with Crippen molar-refractivity contribution in [3.63, 3.8) is 0 Å². The molecular weight excluding hydrogens is 284 g/mol. The highest BCUT2D eigenvalue weighted by Crippen LogP contribution is 2.24. The van der Waals surface area contributed by atoms with Crippen LogP contribution in [0.15, 0.2) is 24.3 Å². The second-order valence-corrected chi connectivity index (χ2v) is 8.77. The van der Waals surface area contributed by atoms with Gasteiger partial charge in [0.05, 0.1) is 5.75 Å². The molecule has 118 valence electrons. The van der Waals surface area contributed by atoms with E-state index in [2.05, 4.69) is 15.7 Å². The lowest BCUT2D eigenvalue weighted by atomic mass is 10.0. The summed E-state index contributed by atoms with van der Waals surface area (Å²) in [5.74, 6) is 0.145. The topological polar surface area (TPSA) is 49.4 Å². The molecule has 5 heteroatoms. The maximum atomic E-state index is 12.1. The summed E-state index contributed by atoms with van der Waals surface area (Å²) in [4.78, 5) is 2.34. The van der Waals surface area contributed by atoms with Gasteiger partial charge in [-0.2, -0.15) is 0 Å². The van der Waals surface area contributed by atoms with Crippen LogP contribution in [-0.4, -0.2) is 27.3 Å². The molecule has 0 saturated carbocycles. The molecule has 4 nitrogen and oxygen atoms in total. The van der Waals surface area contributed by atoms with E-state index in [9.17, 15) is 8.42 Å². The van der Waals surface area contributed by atoms with Crippen LogP contribution in [-0.2, 0) is 16.6 Å². The Hall–Kier alpha value is -1.07. The number of anilines is 1. The molecule has 1 aliphatic heterocycles. The Morgan fingerprint density at radius 3 is 2.38 bits per heavy atom. The molecule has 2 rings (SSSR count). The van der Waals surface area contributed by atoms with Gasteiger partial charge in [-0.25, -0.2) is 13.1 Å². The molecule has 1 saturated heterocycles. The van der Waals surface area contributed by atoms with Gasteiger partial charge in [-0.15, -0.1) is 0 Å². The van der Waals surface area contributed by atoms with Crippen molar-refractivity contribution in [3.8, 4) is 0 Å². The summed E-state index contributed by atoms with van der Waals surface area (Å²) in [6.07, 6.45) is 2.42. The Balaban J connectivity index is 2.06. The zero-order chi connectivity index (χ0) is 15.5. The van der Waals surface area contributed by atoms with Gasteiger partial charge in [-0.05, 0) is 29.9 Å². The molecule has 1 N–H and O–H groups in total. The fraction of sp³-hybridized carbons (Fsp3) is 0.625. The third-order valence-electron chi connectivity index (χ3n) is 3.54. The predicted molar refractivity (Wildman–Crippen MR) is 88.0 cm³/mol. The van der Waals surface area contributed by atoms with Gasteiger partial charge in [0.25, 0.3) is 0 Å². The van der Waals surface area contributed by atoms with E-state index in [4.69, 9.17) is 0 Å². The standard InChI is InChI=1S/C16H26N2O2S/c1-16(2,3)13-21(19,20)17-12-14-8-4-5-9-15(14)18-10-6-7-11-18/h4-5,8-9,17H,6-7,10-13H2,1-3H3. The average molecular weight is 310 g/mol. The second kappa shape index (κ2) is 6.36. The maximum absolute atomic E-state index is 12.1. The molecule has 0 bridgehead atoms. The lowest BCUT2D eigenvalue weighted by Gasteiger charge is -2.22. The first-order valence-electron chi connectivity index (χ1n) is 7.57. The Labute approximate surface area is 128 Å². The zero-order valence-electron chi connectivity index (χ0n) is 13.2. The van der Waals surface area contributed by atoms with Gasteiger partial charge in [-0.1, -0.05) is 39.0 Å². The molecule has 0 amide bonds. The van der Waals surface area contributed by atoms with Gasteiger partial charge in [0.1, 0.15) is 0 Å². The summed E-state index contributed by atoms with van der Waals surface area (Å²) < 4.78 is 27.0. The molecule has 0 radical (unpaired) electrons. The Morgan fingerprint density at radius 1 is 1.14 bits per heavy atom. The lowest BCUT2D eigenvalue weighted by Crippen LogP contribution is -2.32. The quantitative estimate of drug-likeness (QED) is 0.910. The Bertz CT molecular complexity index is 570. The van der Waals surface area contributed by atoms with E-state index in [1.165, 1.54) is 12.8 Å². The van der Waals surface area contributed by atoms with Crippen LogP contribution < -0.4 is 9.62 Å². The summed E-state index contributed by atoms with van der Waals surface area (Å²) in [7, 11) is -3.25. The van der Waals surface area contributed by atoms with Crippen molar-refractivity contribution < 1.29 is 8.42 Å². The number of hydrogen-bond donors (Lipinski definition) is 1. The van der Waals surface area contributed by atoms with Crippen molar-refractivity contribution in [2.24, 2.45) is 5.41 Å². The number of para-hydroxylation sites is 1. The summed E-state index contributed by atoms with van der Waals surface area (Å²) in [6, 6.07) is 8.07. The molecule has 0 aromatic heterocycles. The van der Waals surface area contributed by atoms with Crippen LogP contribution in [0.4, 0.5) is 5.69 Å². The van der Waals surface area contributed by atoms with Crippen molar-refractivity contribution >= 4 is 15.7 Å². The molecule has 1 heterocycles. The summed E-state index contributed by atoms with van der Waals surface area (Å²) in [5.41, 5.74) is 1.98. The highest BCUT2D eigenvalue weighted by Gasteiger charge is 2.22. The number of benzene rings is 1. The van der Waals surface area contributed by atoms with Gasteiger partial charge in [0, 0.05) is 25.3 Å². The average Bonchev–Trinajstić information content (AvgIpc) is 2.87. The molecule has 1 fully saturated rings. The van der Waals surface area contributed by atoms with Crippen LogP contribution in [0.2, 0.25) is 0 Å². The van der Waals surface area contributed by atoms with Crippen LogP contribution >= 0.6 is 0 Å². The minimum Gasteiger partial charge on any atom is -0.371 e. The predicted octanol–water partition coefficient (Wildman–Crippen LogP) is 2.75. The molecule has 0 atom stereocenters. The summed E-state index contributed by atoms with van der Waals surface area (Å²) in [6.45, 7) is 8.29. The van der Waals surface area contributed by atoms with Gasteiger partial charge in [0.2, 0.25) is 10.0 Å². The van der Waals surface area contributed by atoms with Crippen LogP contribution in [0.3, 0.4) is 0 Å². The number of hydrogen-bond acceptors (Lipinski definition) is 3. The number of nitrogens with zero attached hydrogens (tertiary/aromatic N) is 1.